The van der Waals surface area contributed by atoms with Crippen molar-refractivity contribution in [3.63, 3.8) is 0 Å². The van der Waals surface area contributed by atoms with Gasteiger partial charge in [0.25, 0.3) is 0 Å². The number of sulfonamides is 1. The molecule has 0 aromatic heterocycles. The van der Waals surface area contributed by atoms with Gasteiger partial charge in [0.1, 0.15) is 0 Å². The smallest absolute Gasteiger partial charge is 0.243 e. The first-order chi connectivity index (χ1) is 13.9. The summed E-state index contributed by atoms with van der Waals surface area (Å²) in [6.07, 6.45) is 1.12. The SMILES string of the molecule is Cc1ccc(SCCNC(=O)C2CCN(S(=O)(=O)c3ccc(C)cc3)CC2)cc1. The zero-order valence-corrected chi connectivity index (χ0v) is 18.6. The molecule has 0 saturated carbocycles. The van der Waals surface area contributed by atoms with Crippen LogP contribution in [0.1, 0.15) is 24.0 Å². The molecule has 3 rings (SSSR count). The van der Waals surface area contributed by atoms with Gasteiger partial charge in [0.15, 0.2) is 0 Å². The van der Waals surface area contributed by atoms with Crippen molar-refractivity contribution in [2.75, 3.05) is 25.4 Å². The Morgan fingerprint density at radius 1 is 1.00 bits per heavy atom. The Bertz CT molecular complexity index is 918. The highest BCUT2D eigenvalue weighted by Gasteiger charge is 2.31. The molecule has 1 aliphatic rings. The van der Waals surface area contributed by atoms with Crippen molar-refractivity contribution in [2.24, 2.45) is 5.92 Å². The fourth-order valence-corrected chi connectivity index (χ4v) is 5.58. The predicted octanol–water partition coefficient (Wildman–Crippen LogP) is 3.61. The molecule has 2 aromatic carbocycles. The van der Waals surface area contributed by atoms with Gasteiger partial charge in [-0.25, -0.2) is 8.42 Å². The summed E-state index contributed by atoms with van der Waals surface area (Å²) in [6.45, 7) is 5.36. The predicted molar refractivity (Wildman–Crippen MR) is 118 cm³/mol. The molecule has 0 spiro atoms. The molecule has 156 valence electrons. The van der Waals surface area contributed by atoms with Gasteiger partial charge in [-0.3, -0.25) is 4.79 Å². The van der Waals surface area contributed by atoms with Crippen molar-refractivity contribution in [3.8, 4) is 0 Å². The van der Waals surface area contributed by atoms with E-state index in [1.54, 1.807) is 23.9 Å². The van der Waals surface area contributed by atoms with E-state index in [0.717, 1.165) is 11.3 Å². The van der Waals surface area contributed by atoms with Crippen molar-refractivity contribution >= 4 is 27.7 Å². The summed E-state index contributed by atoms with van der Waals surface area (Å²) in [7, 11) is -3.48. The Morgan fingerprint density at radius 3 is 2.14 bits per heavy atom. The van der Waals surface area contributed by atoms with E-state index in [2.05, 4.69) is 36.5 Å². The van der Waals surface area contributed by atoms with Crippen LogP contribution < -0.4 is 5.32 Å². The molecule has 0 aliphatic carbocycles. The lowest BCUT2D eigenvalue weighted by atomic mass is 9.97. The van der Waals surface area contributed by atoms with Gasteiger partial charge in [-0.1, -0.05) is 35.4 Å². The van der Waals surface area contributed by atoms with Crippen LogP contribution in [0.2, 0.25) is 0 Å². The fraction of sp³-hybridized carbons (Fsp3) is 0.409. The summed E-state index contributed by atoms with van der Waals surface area (Å²) in [5.74, 6) is 0.723. The minimum absolute atomic E-state index is 0.0295. The van der Waals surface area contributed by atoms with Crippen LogP contribution in [0.25, 0.3) is 0 Å². The molecule has 0 atom stereocenters. The standard InChI is InChI=1S/C22H28N2O3S2/c1-17-3-7-20(8-4-17)28-16-13-23-22(25)19-11-14-24(15-12-19)29(26,27)21-9-5-18(2)6-10-21/h3-10,19H,11-16H2,1-2H3,(H,23,25). The fourth-order valence-electron chi connectivity index (χ4n) is 3.34. The summed E-state index contributed by atoms with van der Waals surface area (Å²) in [4.78, 5) is 13.9. The second-order valence-electron chi connectivity index (χ2n) is 7.44. The van der Waals surface area contributed by atoms with Gasteiger partial charge in [-0.2, -0.15) is 4.31 Å². The number of rotatable bonds is 7. The normalized spacial score (nSPS) is 15.9. The van der Waals surface area contributed by atoms with Gasteiger partial charge < -0.3 is 5.32 Å². The van der Waals surface area contributed by atoms with Crippen LogP contribution in [0, 0.1) is 19.8 Å². The molecule has 2 aromatic rings. The molecular formula is C22H28N2O3S2. The van der Waals surface area contributed by atoms with E-state index in [4.69, 9.17) is 0 Å². The van der Waals surface area contributed by atoms with Crippen molar-refractivity contribution in [3.05, 3.63) is 59.7 Å². The molecule has 7 heteroatoms. The summed E-state index contributed by atoms with van der Waals surface area (Å²) < 4.78 is 27.0. The molecule has 1 amide bonds. The first kappa shape index (κ1) is 21.9. The van der Waals surface area contributed by atoms with Gasteiger partial charge >= 0.3 is 0 Å². The van der Waals surface area contributed by atoms with Crippen LogP contribution in [-0.2, 0) is 14.8 Å². The average molecular weight is 433 g/mol. The second-order valence-corrected chi connectivity index (χ2v) is 10.6. The number of piperidine rings is 1. The number of nitrogens with zero attached hydrogens (tertiary/aromatic N) is 1. The summed E-state index contributed by atoms with van der Waals surface area (Å²) >= 11 is 1.72. The van der Waals surface area contributed by atoms with Crippen LogP contribution in [0.5, 0.6) is 0 Å². The number of nitrogens with one attached hydrogen (secondary N) is 1. The van der Waals surface area contributed by atoms with Gasteiger partial charge in [0.05, 0.1) is 4.90 Å². The summed E-state index contributed by atoms with van der Waals surface area (Å²) in [5.41, 5.74) is 2.26. The Balaban J connectivity index is 1.43. The molecule has 29 heavy (non-hydrogen) atoms. The summed E-state index contributed by atoms with van der Waals surface area (Å²) in [5, 5.41) is 3.00. The van der Waals surface area contributed by atoms with E-state index in [1.165, 1.54) is 14.8 Å². The number of carbonyl (C=O) groups excluding carboxylic acids is 1. The van der Waals surface area contributed by atoms with Gasteiger partial charge in [0.2, 0.25) is 15.9 Å². The molecule has 0 radical (unpaired) electrons. The maximum atomic E-state index is 12.8. The van der Waals surface area contributed by atoms with Crippen LogP contribution in [0.3, 0.4) is 0 Å². The van der Waals surface area contributed by atoms with Crippen LogP contribution in [-0.4, -0.2) is 44.0 Å². The Morgan fingerprint density at radius 2 is 1.55 bits per heavy atom. The minimum atomic E-state index is -3.48. The highest BCUT2D eigenvalue weighted by molar-refractivity contribution is 7.99. The summed E-state index contributed by atoms with van der Waals surface area (Å²) in [6, 6.07) is 15.3. The Labute approximate surface area is 177 Å². The third kappa shape index (κ3) is 5.84. The monoisotopic (exact) mass is 432 g/mol. The van der Waals surface area contributed by atoms with E-state index in [0.29, 0.717) is 37.4 Å². The third-order valence-corrected chi connectivity index (χ3v) is 8.10. The molecule has 1 aliphatic heterocycles. The van der Waals surface area contributed by atoms with E-state index >= 15 is 0 Å². The average Bonchev–Trinajstić information content (AvgIpc) is 2.73. The van der Waals surface area contributed by atoms with Crippen LogP contribution in [0.15, 0.2) is 58.3 Å². The lowest BCUT2D eigenvalue weighted by Gasteiger charge is -2.30. The van der Waals surface area contributed by atoms with E-state index < -0.39 is 10.0 Å². The first-order valence-electron chi connectivity index (χ1n) is 9.90. The van der Waals surface area contributed by atoms with Crippen molar-refractivity contribution in [1.29, 1.82) is 0 Å². The van der Waals surface area contributed by atoms with E-state index in [-0.39, 0.29) is 11.8 Å². The third-order valence-electron chi connectivity index (χ3n) is 5.17. The number of carbonyl (C=O) groups is 1. The Kier molecular flexibility index (Phi) is 7.38. The molecular weight excluding hydrogens is 404 g/mol. The minimum Gasteiger partial charge on any atom is -0.355 e. The topological polar surface area (TPSA) is 66.5 Å². The quantitative estimate of drug-likeness (QED) is 0.536. The lowest BCUT2D eigenvalue weighted by molar-refractivity contribution is -0.125. The highest BCUT2D eigenvalue weighted by atomic mass is 32.2. The molecule has 1 heterocycles. The largest absolute Gasteiger partial charge is 0.355 e. The van der Waals surface area contributed by atoms with Crippen molar-refractivity contribution < 1.29 is 13.2 Å². The molecule has 1 fully saturated rings. The highest BCUT2D eigenvalue weighted by Crippen LogP contribution is 2.24. The van der Waals surface area contributed by atoms with Crippen molar-refractivity contribution in [2.45, 2.75) is 36.5 Å². The van der Waals surface area contributed by atoms with Crippen LogP contribution in [0.4, 0.5) is 0 Å². The maximum absolute atomic E-state index is 12.8. The number of amides is 1. The number of benzene rings is 2. The van der Waals surface area contributed by atoms with Gasteiger partial charge in [0, 0.05) is 36.2 Å². The molecule has 0 bridgehead atoms. The molecule has 0 unspecified atom stereocenters. The maximum Gasteiger partial charge on any atom is 0.243 e. The lowest BCUT2D eigenvalue weighted by Crippen LogP contribution is -2.43. The van der Waals surface area contributed by atoms with Crippen LogP contribution >= 0.6 is 11.8 Å². The number of hydrogen-bond donors (Lipinski definition) is 1. The van der Waals surface area contributed by atoms with Crippen molar-refractivity contribution in [1.82, 2.24) is 9.62 Å². The van der Waals surface area contributed by atoms with Gasteiger partial charge in [-0.05, 0) is 51.0 Å². The molecule has 5 nitrogen and oxygen atoms in total. The molecule has 1 N–H and O–H groups in total. The Hall–Kier alpha value is -1.83. The molecule has 1 saturated heterocycles. The number of aryl methyl sites for hydroxylation is 2. The van der Waals surface area contributed by atoms with Gasteiger partial charge in [-0.15, -0.1) is 11.8 Å². The van der Waals surface area contributed by atoms with E-state index in [1.807, 2.05) is 19.1 Å². The number of hydrogen-bond acceptors (Lipinski definition) is 4. The second kappa shape index (κ2) is 9.78. The zero-order valence-electron chi connectivity index (χ0n) is 16.9. The number of thioether (sulfide) groups is 1. The first-order valence-corrected chi connectivity index (χ1v) is 12.3. The zero-order chi connectivity index (χ0) is 20.9. The van der Waals surface area contributed by atoms with E-state index in [9.17, 15) is 13.2 Å².